The minimum Gasteiger partial charge on any atom is -0.346 e. The van der Waals surface area contributed by atoms with E-state index in [-0.39, 0.29) is 0 Å². The van der Waals surface area contributed by atoms with E-state index in [1.54, 1.807) is 6.20 Å². The van der Waals surface area contributed by atoms with Gasteiger partial charge in [0.25, 0.3) is 0 Å². The molecule has 5 nitrogen and oxygen atoms in total. The first-order valence-electron chi connectivity index (χ1n) is 7.29. The molecule has 0 aliphatic rings. The lowest BCUT2D eigenvalue weighted by molar-refractivity contribution is 0.886. The predicted molar refractivity (Wildman–Crippen MR) is 88.0 cm³/mol. The number of nitriles is 1. The van der Waals surface area contributed by atoms with E-state index >= 15 is 0 Å². The molecule has 1 N–H and O–H groups in total. The van der Waals surface area contributed by atoms with Crippen LogP contribution in [0.5, 0.6) is 0 Å². The number of aromatic nitrogens is 4. The van der Waals surface area contributed by atoms with Gasteiger partial charge in [-0.15, -0.1) is 0 Å². The number of benzene rings is 1. The van der Waals surface area contributed by atoms with E-state index in [9.17, 15) is 0 Å². The van der Waals surface area contributed by atoms with Crippen LogP contribution in [0.1, 0.15) is 5.56 Å². The van der Waals surface area contributed by atoms with Gasteiger partial charge in [0.1, 0.15) is 5.65 Å². The van der Waals surface area contributed by atoms with Gasteiger partial charge < -0.3 is 4.98 Å². The molecule has 1 aromatic carbocycles. The lowest BCUT2D eigenvalue weighted by atomic mass is 10.0. The Kier molecular flexibility index (Phi) is 3.13. The lowest BCUT2D eigenvalue weighted by Gasteiger charge is -2.04. The SMILES string of the molecule is N#CCc1ccccc1-c1cnn(-c2ccnc3[nH]ccc23)c1. The highest BCUT2D eigenvalue weighted by Gasteiger charge is 2.10. The van der Waals surface area contributed by atoms with Crippen molar-refractivity contribution >= 4 is 11.0 Å². The third kappa shape index (κ3) is 2.27. The molecule has 0 aliphatic carbocycles. The van der Waals surface area contributed by atoms with Crippen LogP contribution in [0.3, 0.4) is 0 Å². The van der Waals surface area contributed by atoms with Crippen molar-refractivity contribution in [2.45, 2.75) is 6.42 Å². The summed E-state index contributed by atoms with van der Waals surface area (Å²) >= 11 is 0. The molecule has 110 valence electrons. The first kappa shape index (κ1) is 13.3. The summed E-state index contributed by atoms with van der Waals surface area (Å²) in [4.78, 5) is 7.40. The highest BCUT2D eigenvalue weighted by molar-refractivity contribution is 5.84. The van der Waals surface area contributed by atoms with Gasteiger partial charge in [-0.05, 0) is 23.3 Å². The zero-order valence-corrected chi connectivity index (χ0v) is 12.3. The second-order valence-electron chi connectivity index (χ2n) is 5.24. The van der Waals surface area contributed by atoms with Crippen molar-refractivity contribution in [1.82, 2.24) is 19.7 Å². The van der Waals surface area contributed by atoms with Gasteiger partial charge in [0.15, 0.2) is 0 Å². The fourth-order valence-electron chi connectivity index (χ4n) is 2.78. The molecule has 3 heterocycles. The number of pyridine rings is 1. The number of nitrogens with one attached hydrogen (secondary N) is 1. The molecule has 3 aromatic heterocycles. The van der Waals surface area contributed by atoms with Gasteiger partial charge in [0.2, 0.25) is 0 Å². The molecule has 4 rings (SSSR count). The number of nitrogens with zero attached hydrogens (tertiary/aromatic N) is 4. The highest BCUT2D eigenvalue weighted by atomic mass is 15.3. The molecule has 0 amide bonds. The first-order chi connectivity index (χ1) is 11.4. The van der Waals surface area contributed by atoms with Gasteiger partial charge in [-0.25, -0.2) is 9.67 Å². The Morgan fingerprint density at radius 1 is 1.17 bits per heavy atom. The van der Waals surface area contributed by atoms with Crippen molar-refractivity contribution < 1.29 is 0 Å². The Hall–Kier alpha value is -3.39. The zero-order valence-electron chi connectivity index (χ0n) is 12.3. The van der Waals surface area contributed by atoms with Crippen LogP contribution >= 0.6 is 0 Å². The Morgan fingerprint density at radius 2 is 2.09 bits per heavy atom. The third-order valence-corrected chi connectivity index (χ3v) is 3.86. The standard InChI is InChI=1S/C18H13N5/c19-8-5-13-3-1-2-4-15(13)14-11-22-23(12-14)17-7-10-21-18-16(17)6-9-20-18/h1-4,6-7,9-12H,5H2,(H,20,21). The monoisotopic (exact) mass is 299 g/mol. The Labute approximate surface area is 132 Å². The minimum absolute atomic E-state index is 0.388. The van der Waals surface area contributed by atoms with Crippen molar-refractivity contribution in [3.63, 3.8) is 0 Å². The average molecular weight is 299 g/mol. The fourth-order valence-corrected chi connectivity index (χ4v) is 2.78. The molecule has 23 heavy (non-hydrogen) atoms. The van der Waals surface area contributed by atoms with Gasteiger partial charge in [0, 0.05) is 29.5 Å². The number of rotatable bonds is 3. The van der Waals surface area contributed by atoms with E-state index in [0.717, 1.165) is 33.4 Å². The summed E-state index contributed by atoms with van der Waals surface area (Å²) in [6.45, 7) is 0. The Morgan fingerprint density at radius 3 is 3.00 bits per heavy atom. The number of aromatic amines is 1. The quantitative estimate of drug-likeness (QED) is 0.629. The van der Waals surface area contributed by atoms with Crippen LogP contribution in [-0.4, -0.2) is 19.7 Å². The summed E-state index contributed by atoms with van der Waals surface area (Å²) < 4.78 is 1.84. The lowest BCUT2D eigenvalue weighted by Crippen LogP contribution is -1.95. The van der Waals surface area contributed by atoms with Crippen LogP contribution in [0.2, 0.25) is 0 Å². The summed E-state index contributed by atoms with van der Waals surface area (Å²) in [7, 11) is 0. The smallest absolute Gasteiger partial charge is 0.139 e. The van der Waals surface area contributed by atoms with Gasteiger partial charge in [0.05, 0.1) is 24.4 Å². The topological polar surface area (TPSA) is 70.3 Å². The van der Waals surface area contributed by atoms with E-state index < -0.39 is 0 Å². The van der Waals surface area contributed by atoms with E-state index in [2.05, 4.69) is 21.1 Å². The van der Waals surface area contributed by atoms with Crippen LogP contribution in [0.4, 0.5) is 0 Å². The summed E-state index contributed by atoms with van der Waals surface area (Å²) in [6, 6.07) is 14.1. The molecule has 5 heteroatoms. The summed E-state index contributed by atoms with van der Waals surface area (Å²) in [6.07, 6.45) is 7.83. The predicted octanol–water partition coefficient (Wildman–Crippen LogP) is 3.48. The highest BCUT2D eigenvalue weighted by Crippen LogP contribution is 2.26. The molecule has 0 spiro atoms. The van der Waals surface area contributed by atoms with Crippen LogP contribution in [0.15, 0.2) is 61.2 Å². The summed E-state index contributed by atoms with van der Waals surface area (Å²) in [5.41, 5.74) is 4.86. The molecule has 0 fully saturated rings. The first-order valence-corrected chi connectivity index (χ1v) is 7.29. The second-order valence-corrected chi connectivity index (χ2v) is 5.24. The van der Waals surface area contributed by atoms with E-state index in [4.69, 9.17) is 5.26 Å². The minimum atomic E-state index is 0.388. The molecule has 4 aromatic rings. The van der Waals surface area contributed by atoms with E-state index in [1.165, 1.54) is 0 Å². The second kappa shape index (κ2) is 5.43. The molecule has 0 unspecified atom stereocenters. The van der Waals surface area contributed by atoms with Crippen LogP contribution in [-0.2, 0) is 6.42 Å². The summed E-state index contributed by atoms with van der Waals surface area (Å²) in [5.74, 6) is 0. The van der Waals surface area contributed by atoms with Gasteiger partial charge in [-0.2, -0.15) is 10.4 Å². The largest absolute Gasteiger partial charge is 0.346 e. The zero-order chi connectivity index (χ0) is 15.6. The maximum absolute atomic E-state index is 8.99. The van der Waals surface area contributed by atoms with Crippen LogP contribution < -0.4 is 0 Å². The van der Waals surface area contributed by atoms with Crippen LogP contribution in [0, 0.1) is 11.3 Å². The maximum atomic E-state index is 8.99. The van der Waals surface area contributed by atoms with Crippen molar-refractivity contribution in [1.29, 1.82) is 5.26 Å². The molecule has 0 saturated heterocycles. The number of hydrogen-bond donors (Lipinski definition) is 1. The molecule has 0 bridgehead atoms. The van der Waals surface area contributed by atoms with Crippen LogP contribution in [0.25, 0.3) is 27.8 Å². The Bertz CT molecular complexity index is 1020. The van der Waals surface area contributed by atoms with E-state index in [0.29, 0.717) is 6.42 Å². The molecule has 0 atom stereocenters. The molecule has 0 aliphatic heterocycles. The molecular weight excluding hydrogens is 286 g/mol. The van der Waals surface area contributed by atoms with Crippen molar-refractivity contribution in [2.24, 2.45) is 0 Å². The third-order valence-electron chi connectivity index (χ3n) is 3.86. The molecular formula is C18H13N5. The number of hydrogen-bond acceptors (Lipinski definition) is 3. The van der Waals surface area contributed by atoms with Gasteiger partial charge in [-0.3, -0.25) is 0 Å². The Balaban J connectivity index is 1.82. The van der Waals surface area contributed by atoms with Crippen molar-refractivity contribution in [3.05, 3.63) is 66.7 Å². The van der Waals surface area contributed by atoms with E-state index in [1.807, 2.05) is 59.7 Å². The normalized spacial score (nSPS) is 10.7. The number of H-pyrrole nitrogens is 1. The molecule has 0 radical (unpaired) electrons. The number of fused-ring (bicyclic) bond motifs is 1. The van der Waals surface area contributed by atoms with Gasteiger partial charge in [-0.1, -0.05) is 24.3 Å². The van der Waals surface area contributed by atoms with Crippen molar-refractivity contribution in [2.75, 3.05) is 0 Å². The van der Waals surface area contributed by atoms with Gasteiger partial charge >= 0.3 is 0 Å². The summed E-state index contributed by atoms with van der Waals surface area (Å²) in [5, 5.41) is 14.5. The fraction of sp³-hybridized carbons (Fsp3) is 0.0556. The van der Waals surface area contributed by atoms with Crippen molar-refractivity contribution in [3.8, 4) is 22.9 Å². The molecule has 0 saturated carbocycles. The average Bonchev–Trinajstić information content (AvgIpc) is 3.25. The maximum Gasteiger partial charge on any atom is 0.139 e.